The second kappa shape index (κ2) is 2.11. The molecule has 0 saturated carbocycles. The van der Waals surface area contributed by atoms with E-state index < -0.39 is 5.18 Å². The summed E-state index contributed by atoms with van der Waals surface area (Å²) in [6.45, 7) is 2.59. The van der Waals surface area contributed by atoms with Gasteiger partial charge in [-0.05, 0) is 12.8 Å². The maximum atomic E-state index is 11.1. The lowest BCUT2D eigenvalue weighted by Crippen LogP contribution is -2.38. The molecule has 2 aliphatic rings. The molecule has 0 aromatic rings. The molecule has 0 radical (unpaired) electrons. The summed E-state index contributed by atoms with van der Waals surface area (Å²) in [5.74, 6) is -0.167. The first-order valence-electron chi connectivity index (χ1n) is 3.80. The molecule has 3 nitrogen and oxygen atoms in total. The van der Waals surface area contributed by atoms with Crippen molar-refractivity contribution in [2.75, 3.05) is 6.54 Å². The van der Waals surface area contributed by atoms with Crippen molar-refractivity contribution >= 4 is 17.6 Å². The van der Waals surface area contributed by atoms with Crippen molar-refractivity contribution in [1.29, 1.82) is 0 Å². The van der Waals surface area contributed by atoms with Gasteiger partial charge in [0.05, 0.1) is 0 Å². The number of cyclic esters (lactones) is 1. The van der Waals surface area contributed by atoms with Crippen molar-refractivity contribution in [2.45, 2.75) is 31.0 Å². The van der Waals surface area contributed by atoms with Crippen LogP contribution < -0.4 is 0 Å². The van der Waals surface area contributed by atoms with E-state index in [1.54, 1.807) is 6.92 Å². The van der Waals surface area contributed by atoms with Crippen LogP contribution in [0.5, 0.6) is 0 Å². The largest absolute Gasteiger partial charge is 0.428 e. The molecule has 0 spiro atoms. The number of hydrogen-bond acceptors (Lipinski definition) is 3. The van der Waals surface area contributed by atoms with E-state index in [0.29, 0.717) is 0 Å². The summed E-state index contributed by atoms with van der Waals surface area (Å²) in [5.41, 5.74) is 0. The first kappa shape index (κ1) is 7.37. The van der Waals surface area contributed by atoms with Gasteiger partial charge in [0, 0.05) is 13.5 Å². The summed E-state index contributed by atoms with van der Waals surface area (Å²) in [4.78, 5) is 13.0. The molecule has 2 fully saturated rings. The fraction of sp³-hybridized carbons (Fsp3) is 0.857. The maximum Gasteiger partial charge on any atom is 0.326 e. The Morgan fingerprint density at radius 2 is 2.55 bits per heavy atom. The van der Waals surface area contributed by atoms with Crippen molar-refractivity contribution in [3.63, 3.8) is 0 Å². The minimum Gasteiger partial charge on any atom is -0.428 e. The Labute approximate surface area is 70.3 Å². The van der Waals surface area contributed by atoms with Crippen molar-refractivity contribution in [3.05, 3.63) is 0 Å². The number of esters is 1. The number of carbonyl (C=O) groups excluding carboxylic acids is 1. The van der Waals surface area contributed by atoms with E-state index in [2.05, 4.69) is 0 Å². The van der Waals surface area contributed by atoms with E-state index in [1.807, 2.05) is 4.90 Å². The Morgan fingerprint density at radius 1 is 1.82 bits per heavy atom. The van der Waals surface area contributed by atoms with Gasteiger partial charge in [-0.2, -0.15) is 0 Å². The summed E-state index contributed by atoms with van der Waals surface area (Å²) >= 11 is 5.95. The summed E-state index contributed by atoms with van der Waals surface area (Å²) in [6, 6.07) is -0.0718. The van der Waals surface area contributed by atoms with Crippen LogP contribution in [0.2, 0.25) is 0 Å². The molecule has 2 aliphatic heterocycles. The highest BCUT2D eigenvalue weighted by molar-refractivity contribution is 6.23. The van der Waals surface area contributed by atoms with Gasteiger partial charge in [0.2, 0.25) is 5.18 Å². The number of fused-ring (bicyclic) bond motifs is 1. The van der Waals surface area contributed by atoms with Crippen LogP contribution in [0.4, 0.5) is 0 Å². The zero-order valence-electron chi connectivity index (χ0n) is 6.34. The standard InChI is InChI=1S/C7H10ClNO2/c1-7(8)9-4-2-3-5(9)6(10)11-7/h5H,2-4H2,1H3/t5-,7-/m0/s1. The van der Waals surface area contributed by atoms with Crippen LogP contribution in [0.1, 0.15) is 19.8 Å². The molecule has 0 bridgehead atoms. The number of rotatable bonds is 0. The molecular weight excluding hydrogens is 166 g/mol. The minimum absolute atomic E-state index is 0.0718. The van der Waals surface area contributed by atoms with Crippen LogP contribution in [0.15, 0.2) is 0 Å². The molecule has 2 atom stereocenters. The first-order chi connectivity index (χ1) is 5.11. The number of ether oxygens (including phenoxy) is 1. The van der Waals surface area contributed by atoms with Gasteiger partial charge in [-0.3, -0.25) is 4.79 Å². The highest BCUT2D eigenvalue weighted by atomic mass is 35.5. The fourth-order valence-corrected chi connectivity index (χ4v) is 2.08. The molecule has 0 aliphatic carbocycles. The Kier molecular flexibility index (Phi) is 1.41. The van der Waals surface area contributed by atoms with Crippen molar-refractivity contribution in [1.82, 2.24) is 4.90 Å². The quantitative estimate of drug-likeness (QED) is 0.312. The van der Waals surface area contributed by atoms with E-state index in [4.69, 9.17) is 16.3 Å². The third kappa shape index (κ3) is 0.948. The number of halogens is 1. The topological polar surface area (TPSA) is 29.5 Å². The molecule has 2 saturated heterocycles. The maximum absolute atomic E-state index is 11.1. The van der Waals surface area contributed by atoms with E-state index in [0.717, 1.165) is 19.4 Å². The molecular formula is C7H10ClNO2. The zero-order chi connectivity index (χ0) is 8.06. The monoisotopic (exact) mass is 175 g/mol. The van der Waals surface area contributed by atoms with Gasteiger partial charge in [-0.25, -0.2) is 4.90 Å². The van der Waals surface area contributed by atoms with Crippen LogP contribution in [0.25, 0.3) is 0 Å². The Bertz CT molecular complexity index is 205. The predicted molar refractivity (Wildman–Crippen MR) is 40.1 cm³/mol. The van der Waals surface area contributed by atoms with Crippen LogP contribution in [-0.2, 0) is 9.53 Å². The number of hydrogen-bond donors (Lipinski definition) is 0. The van der Waals surface area contributed by atoms with Gasteiger partial charge in [0.25, 0.3) is 0 Å². The third-order valence-electron chi connectivity index (χ3n) is 2.32. The smallest absolute Gasteiger partial charge is 0.326 e. The van der Waals surface area contributed by atoms with Crippen molar-refractivity contribution < 1.29 is 9.53 Å². The van der Waals surface area contributed by atoms with Crippen molar-refractivity contribution in [2.24, 2.45) is 0 Å². The Morgan fingerprint density at radius 3 is 3.18 bits per heavy atom. The lowest BCUT2D eigenvalue weighted by Gasteiger charge is -2.23. The summed E-state index contributed by atoms with van der Waals surface area (Å²) in [7, 11) is 0. The second-order valence-electron chi connectivity index (χ2n) is 3.14. The average Bonchev–Trinajstić information content (AvgIpc) is 2.37. The first-order valence-corrected chi connectivity index (χ1v) is 4.17. The number of alkyl halides is 1. The zero-order valence-corrected chi connectivity index (χ0v) is 7.10. The second-order valence-corrected chi connectivity index (χ2v) is 3.84. The minimum atomic E-state index is -0.877. The van der Waals surface area contributed by atoms with Crippen LogP contribution >= 0.6 is 11.6 Å². The van der Waals surface area contributed by atoms with Gasteiger partial charge in [-0.1, -0.05) is 11.6 Å². The van der Waals surface area contributed by atoms with Crippen molar-refractivity contribution in [3.8, 4) is 0 Å². The molecule has 0 N–H and O–H groups in total. The molecule has 0 unspecified atom stereocenters. The van der Waals surface area contributed by atoms with Gasteiger partial charge >= 0.3 is 5.97 Å². The fourth-order valence-electron chi connectivity index (χ4n) is 1.80. The van der Waals surface area contributed by atoms with Gasteiger partial charge in [0.1, 0.15) is 6.04 Å². The molecule has 0 aromatic heterocycles. The lowest BCUT2D eigenvalue weighted by molar-refractivity contribution is -0.144. The molecule has 0 amide bonds. The summed E-state index contributed by atoms with van der Waals surface area (Å²) < 4.78 is 4.97. The van der Waals surface area contributed by atoms with Crippen LogP contribution in [0, 0.1) is 0 Å². The molecule has 11 heavy (non-hydrogen) atoms. The number of nitrogens with zero attached hydrogens (tertiary/aromatic N) is 1. The van der Waals surface area contributed by atoms with E-state index in [-0.39, 0.29) is 12.0 Å². The van der Waals surface area contributed by atoms with Gasteiger partial charge in [0.15, 0.2) is 0 Å². The van der Waals surface area contributed by atoms with Gasteiger partial charge in [-0.15, -0.1) is 0 Å². The Hall–Kier alpha value is -0.280. The van der Waals surface area contributed by atoms with E-state index in [9.17, 15) is 4.79 Å². The third-order valence-corrected chi connectivity index (χ3v) is 2.62. The molecule has 0 aromatic carbocycles. The average molecular weight is 176 g/mol. The van der Waals surface area contributed by atoms with Crippen LogP contribution in [-0.4, -0.2) is 28.6 Å². The van der Waals surface area contributed by atoms with E-state index in [1.165, 1.54) is 0 Å². The molecule has 2 rings (SSSR count). The highest BCUT2D eigenvalue weighted by Gasteiger charge is 2.51. The highest BCUT2D eigenvalue weighted by Crippen LogP contribution is 2.37. The SMILES string of the molecule is C[C@@]1(Cl)OC(=O)[C@@H]2CCCN21. The van der Waals surface area contributed by atoms with E-state index >= 15 is 0 Å². The summed E-state index contributed by atoms with van der Waals surface area (Å²) in [5, 5.41) is -0.877. The van der Waals surface area contributed by atoms with Gasteiger partial charge < -0.3 is 4.74 Å². The predicted octanol–water partition coefficient (Wildman–Crippen LogP) is 0.920. The van der Waals surface area contributed by atoms with Crippen LogP contribution in [0.3, 0.4) is 0 Å². The normalized spacial score (nSPS) is 44.2. The molecule has 2 heterocycles. The molecule has 62 valence electrons. The number of carbonyl (C=O) groups is 1. The lowest BCUT2D eigenvalue weighted by atomic mass is 10.2. The Balaban J connectivity index is 2.27. The summed E-state index contributed by atoms with van der Waals surface area (Å²) in [6.07, 6.45) is 1.93. The molecule has 4 heteroatoms.